The van der Waals surface area contributed by atoms with Gasteiger partial charge < -0.3 is 0 Å². The fourth-order valence-electron chi connectivity index (χ4n) is 0.854. The zero-order valence-corrected chi connectivity index (χ0v) is 7.24. The van der Waals surface area contributed by atoms with Gasteiger partial charge in [0.15, 0.2) is 0 Å². The number of hydrogen-bond donors (Lipinski definition) is 0. The van der Waals surface area contributed by atoms with E-state index in [0.29, 0.717) is 0 Å². The van der Waals surface area contributed by atoms with Crippen molar-refractivity contribution in [2.24, 2.45) is 0 Å². The summed E-state index contributed by atoms with van der Waals surface area (Å²) in [5, 5.41) is 0. The monoisotopic (exact) mass is 121 g/mol. The van der Waals surface area contributed by atoms with E-state index in [9.17, 15) is 0 Å². The molecule has 0 rings (SSSR count). The van der Waals surface area contributed by atoms with Gasteiger partial charge >= 0.3 is 0 Å². The summed E-state index contributed by atoms with van der Waals surface area (Å²) in [6.07, 6.45) is 8.49. The first-order valence-electron chi connectivity index (χ1n) is 3.91. The fraction of sp³-hybridized carbons (Fsp3) is 1.00. The summed E-state index contributed by atoms with van der Waals surface area (Å²) in [7, 11) is 0. The summed E-state index contributed by atoms with van der Waals surface area (Å²) < 4.78 is 0. The molecular formula is C8H18Li. The van der Waals surface area contributed by atoms with Crippen molar-refractivity contribution in [1.29, 1.82) is 0 Å². The van der Waals surface area contributed by atoms with Gasteiger partial charge in [-0.3, -0.25) is 0 Å². The molecule has 0 aromatic rings. The molecule has 0 amide bonds. The molecule has 0 bridgehead atoms. The van der Waals surface area contributed by atoms with Gasteiger partial charge in [0.25, 0.3) is 0 Å². The second-order valence-corrected chi connectivity index (χ2v) is 2.41. The minimum absolute atomic E-state index is 0. The van der Waals surface area contributed by atoms with E-state index in [4.69, 9.17) is 0 Å². The quantitative estimate of drug-likeness (QED) is 0.387. The molecule has 0 atom stereocenters. The van der Waals surface area contributed by atoms with Crippen molar-refractivity contribution in [2.75, 3.05) is 0 Å². The SMILES string of the molecule is CCCCCCCC.[Li]. The number of unbranched alkanes of at least 4 members (excludes halogenated alkanes) is 5. The summed E-state index contributed by atoms with van der Waals surface area (Å²) in [6, 6.07) is 0. The van der Waals surface area contributed by atoms with Crippen LogP contribution in [-0.2, 0) is 0 Å². The summed E-state index contributed by atoms with van der Waals surface area (Å²) in [6.45, 7) is 4.51. The van der Waals surface area contributed by atoms with Gasteiger partial charge in [-0.2, -0.15) is 0 Å². The van der Waals surface area contributed by atoms with Crippen molar-refractivity contribution < 1.29 is 0 Å². The standard InChI is InChI=1S/C8H18.Li/c1-3-5-7-8-6-4-2;/h3-8H2,1-2H3;. The van der Waals surface area contributed by atoms with Crippen LogP contribution in [0.4, 0.5) is 0 Å². The minimum Gasteiger partial charge on any atom is -0.0654 e. The molecule has 0 aliphatic carbocycles. The first-order valence-corrected chi connectivity index (χ1v) is 3.91. The molecule has 1 heteroatoms. The predicted molar refractivity (Wildman–Crippen MR) is 44.8 cm³/mol. The van der Waals surface area contributed by atoms with E-state index in [1.165, 1.54) is 38.5 Å². The molecule has 0 aromatic heterocycles. The summed E-state index contributed by atoms with van der Waals surface area (Å²) in [4.78, 5) is 0. The molecule has 0 aliphatic rings. The molecule has 0 N–H and O–H groups in total. The van der Waals surface area contributed by atoms with Gasteiger partial charge in [0.1, 0.15) is 0 Å². The van der Waals surface area contributed by atoms with Crippen LogP contribution < -0.4 is 0 Å². The van der Waals surface area contributed by atoms with Crippen LogP contribution in [0.3, 0.4) is 0 Å². The fourth-order valence-corrected chi connectivity index (χ4v) is 0.854. The van der Waals surface area contributed by atoms with E-state index in [1.807, 2.05) is 0 Å². The van der Waals surface area contributed by atoms with E-state index in [2.05, 4.69) is 13.8 Å². The molecule has 51 valence electrons. The van der Waals surface area contributed by atoms with Crippen LogP contribution in [-0.4, -0.2) is 18.9 Å². The van der Waals surface area contributed by atoms with Crippen LogP contribution in [0.2, 0.25) is 0 Å². The predicted octanol–water partition coefficient (Wildman–Crippen LogP) is 2.99. The van der Waals surface area contributed by atoms with Gasteiger partial charge in [0.2, 0.25) is 0 Å². The first-order chi connectivity index (χ1) is 3.91. The van der Waals surface area contributed by atoms with Crippen LogP contribution in [0.25, 0.3) is 0 Å². The van der Waals surface area contributed by atoms with Crippen molar-refractivity contribution in [3.63, 3.8) is 0 Å². The van der Waals surface area contributed by atoms with Crippen LogP contribution in [0.5, 0.6) is 0 Å². The Morgan fingerprint density at radius 3 is 1.22 bits per heavy atom. The number of hydrogen-bond acceptors (Lipinski definition) is 0. The minimum atomic E-state index is 0. The Bertz CT molecular complexity index is 29.5. The Morgan fingerprint density at radius 2 is 1.00 bits per heavy atom. The first kappa shape index (κ1) is 12.3. The molecule has 0 saturated heterocycles. The Kier molecular flexibility index (Phi) is 15.6. The third-order valence-electron chi connectivity index (χ3n) is 1.46. The van der Waals surface area contributed by atoms with Crippen LogP contribution >= 0.6 is 0 Å². The molecule has 0 unspecified atom stereocenters. The molecule has 0 aliphatic heterocycles. The van der Waals surface area contributed by atoms with Crippen molar-refractivity contribution >= 4 is 18.9 Å². The van der Waals surface area contributed by atoms with Gasteiger partial charge in [0, 0.05) is 18.9 Å². The molecule has 0 aromatic carbocycles. The third-order valence-corrected chi connectivity index (χ3v) is 1.46. The average molecular weight is 121 g/mol. The Labute approximate surface area is 71.6 Å². The molecule has 0 saturated carbocycles. The average Bonchev–Trinajstić information content (AvgIpc) is 1.81. The van der Waals surface area contributed by atoms with E-state index < -0.39 is 0 Å². The maximum absolute atomic E-state index is 2.26. The topological polar surface area (TPSA) is 0 Å². The second-order valence-electron chi connectivity index (χ2n) is 2.41. The van der Waals surface area contributed by atoms with Gasteiger partial charge in [-0.1, -0.05) is 52.4 Å². The Morgan fingerprint density at radius 1 is 0.667 bits per heavy atom. The van der Waals surface area contributed by atoms with E-state index in [1.54, 1.807) is 0 Å². The Balaban J connectivity index is 0. The van der Waals surface area contributed by atoms with Crippen molar-refractivity contribution in [3.8, 4) is 0 Å². The van der Waals surface area contributed by atoms with Gasteiger partial charge in [-0.15, -0.1) is 0 Å². The van der Waals surface area contributed by atoms with Crippen molar-refractivity contribution in [3.05, 3.63) is 0 Å². The summed E-state index contributed by atoms with van der Waals surface area (Å²) >= 11 is 0. The normalized spacial score (nSPS) is 8.67. The second kappa shape index (κ2) is 11.4. The molecule has 0 spiro atoms. The van der Waals surface area contributed by atoms with Gasteiger partial charge in [0.05, 0.1) is 0 Å². The number of rotatable bonds is 5. The molecular weight excluding hydrogens is 103 g/mol. The van der Waals surface area contributed by atoms with Crippen LogP contribution in [0.15, 0.2) is 0 Å². The van der Waals surface area contributed by atoms with Gasteiger partial charge in [-0.05, 0) is 0 Å². The maximum Gasteiger partial charge on any atom is 0 e. The van der Waals surface area contributed by atoms with E-state index in [-0.39, 0.29) is 18.9 Å². The molecule has 9 heavy (non-hydrogen) atoms. The van der Waals surface area contributed by atoms with Gasteiger partial charge in [-0.25, -0.2) is 0 Å². The molecule has 0 heterocycles. The Hall–Kier alpha value is 0.597. The van der Waals surface area contributed by atoms with Crippen LogP contribution in [0.1, 0.15) is 52.4 Å². The summed E-state index contributed by atoms with van der Waals surface area (Å²) in [5.74, 6) is 0. The molecule has 0 fully saturated rings. The molecule has 1 radical (unpaired) electrons. The van der Waals surface area contributed by atoms with E-state index >= 15 is 0 Å². The maximum atomic E-state index is 2.26. The van der Waals surface area contributed by atoms with E-state index in [0.717, 1.165) is 0 Å². The van der Waals surface area contributed by atoms with Crippen molar-refractivity contribution in [2.45, 2.75) is 52.4 Å². The smallest absolute Gasteiger partial charge is 0 e. The van der Waals surface area contributed by atoms with Crippen LogP contribution in [0, 0.1) is 0 Å². The third kappa shape index (κ3) is 11.9. The zero-order valence-electron chi connectivity index (χ0n) is 7.24. The largest absolute Gasteiger partial charge is 0.0654 e. The van der Waals surface area contributed by atoms with Crippen molar-refractivity contribution in [1.82, 2.24) is 0 Å². The zero-order chi connectivity index (χ0) is 6.24. The molecule has 0 nitrogen and oxygen atoms in total. The summed E-state index contributed by atoms with van der Waals surface area (Å²) in [5.41, 5.74) is 0.